The second-order valence-electron chi connectivity index (χ2n) is 8.78. The Morgan fingerprint density at radius 1 is 0.833 bits per heavy atom. The Morgan fingerprint density at radius 3 is 1.83 bits per heavy atom. The Kier molecular flexibility index (Phi) is 5.69. The molecule has 1 heteroatoms. The average Bonchev–Trinajstić information content (AvgIpc) is 3.48. The summed E-state index contributed by atoms with van der Waals surface area (Å²) in [5, 5.41) is 0. The molecule has 0 spiro atoms. The quantitative estimate of drug-likeness (QED) is 0.278. The molecule has 2 fully saturated rings. The summed E-state index contributed by atoms with van der Waals surface area (Å²) in [5.41, 5.74) is 8.68. The van der Waals surface area contributed by atoms with E-state index >= 15 is 0 Å². The van der Waals surface area contributed by atoms with Gasteiger partial charge in [-0.1, -0.05) is 42.0 Å². The third-order valence-electron chi connectivity index (χ3n) is 7.16. The van der Waals surface area contributed by atoms with Crippen molar-refractivity contribution in [2.24, 2.45) is 5.41 Å². The number of rotatable bonds is 9. The van der Waals surface area contributed by atoms with Crippen LogP contribution in [0.5, 0.6) is 0 Å². The van der Waals surface area contributed by atoms with Crippen molar-refractivity contribution in [3.8, 4) is 0 Å². The van der Waals surface area contributed by atoms with Gasteiger partial charge >= 0.3 is 0 Å². The van der Waals surface area contributed by atoms with Crippen LogP contribution in [0.1, 0.15) is 92.5 Å². The Balaban J connectivity index is 1.61. The average molecular weight is 438 g/mol. The fourth-order valence-electron chi connectivity index (χ4n) is 4.30. The molecule has 0 atom stereocenters. The van der Waals surface area contributed by atoms with Crippen molar-refractivity contribution in [3.05, 3.63) is 33.9 Å². The van der Waals surface area contributed by atoms with E-state index < -0.39 is 0 Å². The third kappa shape index (κ3) is 4.37. The molecular weight excluding hydrogens is 403 g/mol. The van der Waals surface area contributed by atoms with Gasteiger partial charge in [0, 0.05) is 3.42 Å². The highest BCUT2D eigenvalue weighted by atomic mass is 127. The van der Waals surface area contributed by atoms with Crippen LogP contribution in [0.4, 0.5) is 0 Å². The standard InChI is InChI=1S/C23H35I/c1-5-22(12-13-22)10-6-8-20-16-21(19(4)17(2)18(20)3)9-7-11-23(24)14-15-23/h16H,5-15H2,1-4H3. The summed E-state index contributed by atoms with van der Waals surface area (Å²) in [5.74, 6) is 0. The SMILES string of the molecule is CCC1(CCCc2cc(CCCC3(I)CC3)c(C)c(C)c2C)CC1. The van der Waals surface area contributed by atoms with Crippen LogP contribution < -0.4 is 0 Å². The van der Waals surface area contributed by atoms with Crippen LogP contribution in [0.3, 0.4) is 0 Å². The first kappa shape index (κ1) is 18.7. The van der Waals surface area contributed by atoms with E-state index in [1.165, 1.54) is 70.6 Å². The predicted octanol–water partition coefficient (Wildman–Crippen LogP) is 7.42. The van der Waals surface area contributed by atoms with Crippen molar-refractivity contribution < 1.29 is 0 Å². The van der Waals surface area contributed by atoms with Crippen molar-refractivity contribution >= 4 is 22.6 Å². The second-order valence-corrected chi connectivity index (χ2v) is 11.1. The van der Waals surface area contributed by atoms with Gasteiger partial charge < -0.3 is 0 Å². The van der Waals surface area contributed by atoms with E-state index in [0.29, 0.717) is 3.42 Å². The number of halogens is 1. The molecule has 0 radical (unpaired) electrons. The van der Waals surface area contributed by atoms with Gasteiger partial charge in [0.25, 0.3) is 0 Å². The molecule has 0 bridgehead atoms. The minimum absolute atomic E-state index is 0.674. The number of aryl methyl sites for hydroxylation is 2. The summed E-state index contributed by atoms with van der Waals surface area (Å²) in [6, 6.07) is 2.57. The fourth-order valence-corrected chi connectivity index (χ4v) is 4.95. The highest BCUT2D eigenvalue weighted by Gasteiger charge is 2.39. The van der Waals surface area contributed by atoms with Crippen LogP contribution in [-0.4, -0.2) is 3.42 Å². The highest BCUT2D eigenvalue weighted by molar-refractivity contribution is 14.1. The molecule has 1 aromatic carbocycles. The first-order valence-electron chi connectivity index (χ1n) is 10.2. The van der Waals surface area contributed by atoms with Crippen LogP contribution >= 0.6 is 22.6 Å². The Bertz CT molecular complexity index is 591. The van der Waals surface area contributed by atoms with Crippen LogP contribution in [0.15, 0.2) is 6.07 Å². The maximum Gasteiger partial charge on any atom is 0.0223 e. The number of alkyl halides is 1. The lowest BCUT2D eigenvalue weighted by Crippen LogP contribution is -2.04. The lowest BCUT2D eigenvalue weighted by Gasteiger charge is -2.18. The molecule has 0 amide bonds. The van der Waals surface area contributed by atoms with Crippen LogP contribution in [-0.2, 0) is 12.8 Å². The van der Waals surface area contributed by atoms with E-state index in [9.17, 15) is 0 Å². The molecule has 0 nitrogen and oxygen atoms in total. The van der Waals surface area contributed by atoms with Crippen LogP contribution in [0.25, 0.3) is 0 Å². The van der Waals surface area contributed by atoms with E-state index in [4.69, 9.17) is 0 Å². The van der Waals surface area contributed by atoms with Gasteiger partial charge in [-0.15, -0.1) is 0 Å². The lowest BCUT2D eigenvalue weighted by molar-refractivity contribution is 0.433. The first-order valence-corrected chi connectivity index (χ1v) is 11.2. The fraction of sp³-hybridized carbons (Fsp3) is 0.739. The van der Waals surface area contributed by atoms with Gasteiger partial charge in [-0.05, 0) is 118 Å². The summed E-state index contributed by atoms with van der Waals surface area (Å²) in [6.07, 6.45) is 15.4. The van der Waals surface area contributed by atoms with E-state index in [-0.39, 0.29) is 0 Å². The molecule has 2 saturated carbocycles. The maximum absolute atomic E-state index is 2.69. The largest absolute Gasteiger partial charge is 0.0789 e. The van der Waals surface area contributed by atoms with Crippen LogP contribution in [0, 0.1) is 26.2 Å². The lowest BCUT2D eigenvalue weighted by atomic mass is 9.88. The van der Waals surface area contributed by atoms with Crippen molar-refractivity contribution in [1.82, 2.24) is 0 Å². The molecule has 2 aliphatic rings. The summed E-state index contributed by atoms with van der Waals surface area (Å²) in [6.45, 7) is 9.41. The molecule has 0 aliphatic heterocycles. The van der Waals surface area contributed by atoms with Crippen molar-refractivity contribution in [3.63, 3.8) is 0 Å². The number of hydrogen-bond donors (Lipinski definition) is 0. The zero-order valence-corrected chi connectivity index (χ0v) is 18.4. The molecule has 3 rings (SSSR count). The van der Waals surface area contributed by atoms with Gasteiger partial charge in [-0.2, -0.15) is 0 Å². The van der Waals surface area contributed by atoms with E-state index in [2.05, 4.69) is 56.4 Å². The molecule has 1 aromatic rings. The van der Waals surface area contributed by atoms with Crippen molar-refractivity contribution in [2.75, 3.05) is 0 Å². The molecule has 134 valence electrons. The van der Waals surface area contributed by atoms with Gasteiger partial charge in [-0.25, -0.2) is 0 Å². The zero-order chi connectivity index (χ0) is 17.4. The molecule has 0 heterocycles. The number of hydrogen-bond acceptors (Lipinski definition) is 0. The molecule has 2 aliphatic carbocycles. The minimum atomic E-state index is 0.674. The third-order valence-corrected chi connectivity index (χ3v) is 8.78. The second kappa shape index (κ2) is 7.29. The van der Waals surface area contributed by atoms with Crippen molar-refractivity contribution in [2.45, 2.75) is 102 Å². The topological polar surface area (TPSA) is 0 Å². The van der Waals surface area contributed by atoms with Gasteiger partial charge in [-0.3, -0.25) is 0 Å². The van der Waals surface area contributed by atoms with Crippen molar-refractivity contribution in [1.29, 1.82) is 0 Å². The molecular formula is C23H35I. The van der Waals surface area contributed by atoms with E-state index in [0.717, 1.165) is 5.41 Å². The number of benzene rings is 1. The highest BCUT2D eigenvalue weighted by Crippen LogP contribution is 2.52. The molecule has 24 heavy (non-hydrogen) atoms. The molecule has 0 saturated heterocycles. The molecule has 0 aromatic heterocycles. The summed E-state index contributed by atoms with van der Waals surface area (Å²) in [7, 11) is 0. The summed E-state index contributed by atoms with van der Waals surface area (Å²) < 4.78 is 0.674. The van der Waals surface area contributed by atoms with Crippen LogP contribution in [0.2, 0.25) is 0 Å². The van der Waals surface area contributed by atoms with Gasteiger partial charge in [0.1, 0.15) is 0 Å². The summed E-state index contributed by atoms with van der Waals surface area (Å²) >= 11 is 2.69. The normalized spacial score (nSPS) is 20.2. The zero-order valence-electron chi connectivity index (χ0n) is 16.2. The van der Waals surface area contributed by atoms with Gasteiger partial charge in [0.2, 0.25) is 0 Å². The Hall–Kier alpha value is -0.0500. The maximum atomic E-state index is 2.69. The summed E-state index contributed by atoms with van der Waals surface area (Å²) in [4.78, 5) is 0. The molecule has 0 N–H and O–H groups in total. The minimum Gasteiger partial charge on any atom is -0.0789 e. The van der Waals surface area contributed by atoms with E-state index in [1.807, 2.05) is 0 Å². The smallest absolute Gasteiger partial charge is 0.0223 e. The predicted molar refractivity (Wildman–Crippen MR) is 114 cm³/mol. The first-order chi connectivity index (χ1) is 11.4. The van der Waals surface area contributed by atoms with Gasteiger partial charge in [0.15, 0.2) is 0 Å². The Morgan fingerprint density at radius 2 is 1.38 bits per heavy atom. The van der Waals surface area contributed by atoms with Gasteiger partial charge in [0.05, 0.1) is 0 Å². The Labute approximate surface area is 163 Å². The van der Waals surface area contributed by atoms with E-state index in [1.54, 1.807) is 27.8 Å². The monoisotopic (exact) mass is 438 g/mol. The molecule has 0 unspecified atom stereocenters.